The topological polar surface area (TPSA) is 154 Å². The minimum atomic E-state index is -0.458. The standard InChI is InChI=1S/C30H40N2O12/c33-29-27-3-1-2-4-28(27)30(34)31(29)9-10-37-11-12-38-13-14-39-15-16-40-17-18-41-19-20-42-21-22-43-23-24-44-26-7-5-25(6-8-26)32(35)36/h1-8H,9-24H2. The molecule has 0 atom stereocenters. The molecule has 14 nitrogen and oxygen atoms in total. The van der Waals surface area contributed by atoms with E-state index in [0.717, 1.165) is 0 Å². The van der Waals surface area contributed by atoms with Crippen LogP contribution < -0.4 is 4.74 Å². The SMILES string of the molecule is O=C1c2ccccc2C(=O)N1CCOCCOCCOCCOCCOCCOCCOCCOc1ccc([N+](=O)[O-])cc1. The lowest BCUT2D eigenvalue weighted by Crippen LogP contribution is -2.33. The van der Waals surface area contributed by atoms with Gasteiger partial charge in [0.15, 0.2) is 0 Å². The van der Waals surface area contributed by atoms with E-state index < -0.39 is 4.92 Å². The van der Waals surface area contributed by atoms with E-state index in [1.54, 1.807) is 36.4 Å². The number of ether oxygens (including phenoxy) is 8. The minimum Gasteiger partial charge on any atom is -0.491 e. The smallest absolute Gasteiger partial charge is 0.269 e. The Labute approximate surface area is 256 Å². The predicted molar refractivity (Wildman–Crippen MR) is 156 cm³/mol. The lowest BCUT2D eigenvalue weighted by molar-refractivity contribution is -0.384. The Bertz CT molecular complexity index is 1100. The summed E-state index contributed by atoms with van der Waals surface area (Å²) in [4.78, 5) is 35.9. The van der Waals surface area contributed by atoms with Crippen LogP contribution in [0.5, 0.6) is 5.75 Å². The first-order valence-corrected chi connectivity index (χ1v) is 14.4. The van der Waals surface area contributed by atoms with Crippen LogP contribution in [-0.4, -0.2) is 127 Å². The van der Waals surface area contributed by atoms with E-state index in [0.29, 0.717) is 109 Å². The minimum absolute atomic E-state index is 0.0190. The Morgan fingerprint density at radius 1 is 0.523 bits per heavy atom. The van der Waals surface area contributed by atoms with Gasteiger partial charge in [0.2, 0.25) is 0 Å². The number of hydrogen-bond donors (Lipinski definition) is 0. The summed E-state index contributed by atoms with van der Waals surface area (Å²) in [5, 5.41) is 10.6. The molecular weight excluding hydrogens is 580 g/mol. The summed E-state index contributed by atoms with van der Waals surface area (Å²) >= 11 is 0. The van der Waals surface area contributed by atoms with E-state index in [2.05, 4.69) is 0 Å². The van der Waals surface area contributed by atoms with E-state index in [4.69, 9.17) is 37.9 Å². The number of carbonyl (C=O) groups excluding carboxylic acids is 2. The van der Waals surface area contributed by atoms with Crippen molar-refractivity contribution in [2.75, 3.05) is 106 Å². The fraction of sp³-hybridized carbons (Fsp3) is 0.533. The number of fused-ring (bicyclic) bond motifs is 1. The van der Waals surface area contributed by atoms with Crippen LogP contribution in [0.1, 0.15) is 20.7 Å². The van der Waals surface area contributed by atoms with Gasteiger partial charge in [0.25, 0.3) is 17.5 Å². The Morgan fingerprint density at radius 2 is 0.886 bits per heavy atom. The first-order chi connectivity index (χ1) is 21.6. The molecule has 1 aliphatic rings. The van der Waals surface area contributed by atoms with Crippen LogP contribution in [0.3, 0.4) is 0 Å². The molecule has 0 fully saturated rings. The number of nitrogens with zero attached hydrogens (tertiary/aromatic N) is 2. The molecule has 0 radical (unpaired) electrons. The normalized spacial score (nSPS) is 12.6. The molecule has 242 valence electrons. The molecule has 2 aromatic rings. The number of nitro groups is 1. The van der Waals surface area contributed by atoms with E-state index in [9.17, 15) is 19.7 Å². The van der Waals surface area contributed by atoms with Crippen molar-refractivity contribution >= 4 is 17.5 Å². The highest BCUT2D eigenvalue weighted by Gasteiger charge is 2.34. The van der Waals surface area contributed by atoms with Gasteiger partial charge in [-0.1, -0.05) is 12.1 Å². The van der Waals surface area contributed by atoms with E-state index in [1.165, 1.54) is 17.0 Å². The van der Waals surface area contributed by atoms with Crippen LogP contribution in [0.2, 0.25) is 0 Å². The molecule has 0 bridgehead atoms. The van der Waals surface area contributed by atoms with Gasteiger partial charge in [0.1, 0.15) is 12.4 Å². The average Bonchev–Trinajstić information content (AvgIpc) is 3.28. The van der Waals surface area contributed by atoms with Crippen LogP contribution in [0.15, 0.2) is 48.5 Å². The molecule has 0 aromatic heterocycles. The third kappa shape index (κ3) is 13.0. The van der Waals surface area contributed by atoms with Gasteiger partial charge in [-0.05, 0) is 24.3 Å². The van der Waals surface area contributed by atoms with E-state index >= 15 is 0 Å². The van der Waals surface area contributed by atoms with Crippen LogP contribution in [0.25, 0.3) is 0 Å². The van der Waals surface area contributed by atoms with Crippen molar-refractivity contribution < 1.29 is 52.4 Å². The van der Waals surface area contributed by atoms with Gasteiger partial charge in [-0.2, -0.15) is 0 Å². The zero-order chi connectivity index (χ0) is 31.2. The third-order valence-corrected chi connectivity index (χ3v) is 6.11. The Hall–Kier alpha value is -3.50. The number of benzene rings is 2. The number of non-ortho nitro benzene ring substituents is 1. The molecule has 44 heavy (non-hydrogen) atoms. The zero-order valence-electron chi connectivity index (χ0n) is 24.7. The van der Waals surface area contributed by atoms with Crippen LogP contribution >= 0.6 is 0 Å². The van der Waals surface area contributed by atoms with Gasteiger partial charge in [0.05, 0.1) is 115 Å². The van der Waals surface area contributed by atoms with Gasteiger partial charge >= 0.3 is 0 Å². The van der Waals surface area contributed by atoms with Gasteiger partial charge in [-0.15, -0.1) is 0 Å². The van der Waals surface area contributed by atoms with Crippen molar-refractivity contribution in [3.05, 3.63) is 69.8 Å². The van der Waals surface area contributed by atoms with Gasteiger partial charge in [-0.25, -0.2) is 0 Å². The quantitative estimate of drug-likeness (QED) is 0.0656. The molecule has 14 heteroatoms. The average molecular weight is 621 g/mol. The summed E-state index contributed by atoms with van der Waals surface area (Å²) in [6.45, 7) is 6.33. The third-order valence-electron chi connectivity index (χ3n) is 6.11. The van der Waals surface area contributed by atoms with Crippen LogP contribution in [-0.2, 0) is 33.2 Å². The number of amides is 2. The molecule has 2 aromatic carbocycles. The number of hydrogen-bond acceptors (Lipinski definition) is 12. The lowest BCUT2D eigenvalue weighted by Gasteiger charge is -2.13. The highest BCUT2D eigenvalue weighted by atomic mass is 16.6. The Morgan fingerprint density at radius 3 is 1.27 bits per heavy atom. The Kier molecular flexibility index (Phi) is 16.9. The second-order valence-corrected chi connectivity index (χ2v) is 9.19. The van der Waals surface area contributed by atoms with Crippen molar-refractivity contribution in [1.82, 2.24) is 4.90 Å². The molecule has 3 rings (SSSR count). The lowest BCUT2D eigenvalue weighted by atomic mass is 10.1. The van der Waals surface area contributed by atoms with E-state index in [-0.39, 0.29) is 30.7 Å². The highest BCUT2D eigenvalue weighted by molar-refractivity contribution is 6.21. The first-order valence-electron chi connectivity index (χ1n) is 14.4. The number of imide groups is 1. The largest absolute Gasteiger partial charge is 0.491 e. The maximum atomic E-state index is 12.3. The summed E-state index contributed by atoms with van der Waals surface area (Å²) in [6.07, 6.45) is 0. The summed E-state index contributed by atoms with van der Waals surface area (Å²) in [7, 11) is 0. The summed E-state index contributed by atoms with van der Waals surface area (Å²) in [5.41, 5.74) is 0.889. The number of rotatable bonds is 26. The van der Waals surface area contributed by atoms with Gasteiger partial charge in [-0.3, -0.25) is 24.6 Å². The van der Waals surface area contributed by atoms with Crippen molar-refractivity contribution in [3.8, 4) is 5.75 Å². The van der Waals surface area contributed by atoms with Gasteiger partial charge < -0.3 is 37.9 Å². The molecule has 0 saturated heterocycles. The summed E-state index contributed by atoms with van der Waals surface area (Å²) in [6, 6.07) is 12.7. The molecule has 1 aliphatic heterocycles. The summed E-state index contributed by atoms with van der Waals surface area (Å²) in [5.74, 6) is -0.0218. The van der Waals surface area contributed by atoms with Gasteiger partial charge in [0, 0.05) is 12.1 Å². The maximum absolute atomic E-state index is 12.3. The number of carbonyl (C=O) groups is 2. The Balaban J connectivity index is 0.978. The maximum Gasteiger partial charge on any atom is 0.269 e. The zero-order valence-corrected chi connectivity index (χ0v) is 24.7. The van der Waals surface area contributed by atoms with E-state index in [1.807, 2.05) is 0 Å². The molecule has 0 aliphatic carbocycles. The van der Waals surface area contributed by atoms with Crippen molar-refractivity contribution in [3.63, 3.8) is 0 Å². The van der Waals surface area contributed by atoms with Crippen LogP contribution in [0, 0.1) is 10.1 Å². The van der Waals surface area contributed by atoms with Crippen molar-refractivity contribution in [2.24, 2.45) is 0 Å². The number of nitro benzene ring substituents is 1. The van der Waals surface area contributed by atoms with Crippen LogP contribution in [0.4, 0.5) is 5.69 Å². The highest BCUT2D eigenvalue weighted by Crippen LogP contribution is 2.22. The molecule has 2 amide bonds. The summed E-state index contributed by atoms with van der Waals surface area (Å²) < 4.78 is 43.6. The monoisotopic (exact) mass is 620 g/mol. The second kappa shape index (κ2) is 21.2. The molecule has 0 N–H and O–H groups in total. The predicted octanol–water partition coefficient (Wildman–Crippen LogP) is 2.39. The molecule has 0 spiro atoms. The van der Waals surface area contributed by atoms with Crippen molar-refractivity contribution in [2.45, 2.75) is 0 Å². The second-order valence-electron chi connectivity index (χ2n) is 9.19. The fourth-order valence-corrected chi connectivity index (χ4v) is 3.90. The molecule has 1 heterocycles. The molecular formula is C30H40N2O12. The molecule has 0 unspecified atom stereocenters. The fourth-order valence-electron chi connectivity index (χ4n) is 3.90. The molecule has 0 saturated carbocycles. The van der Waals surface area contributed by atoms with Crippen molar-refractivity contribution in [1.29, 1.82) is 0 Å². The first kappa shape index (κ1) is 35.0.